The molecule has 0 atom stereocenters. The highest BCUT2D eigenvalue weighted by Crippen LogP contribution is 2.38. The summed E-state index contributed by atoms with van der Waals surface area (Å²) in [6.07, 6.45) is -4.00. The van der Waals surface area contributed by atoms with Gasteiger partial charge in [-0.25, -0.2) is 10.5 Å². The highest BCUT2D eigenvalue weighted by molar-refractivity contribution is 6.39. The lowest BCUT2D eigenvalue weighted by atomic mass is 10.1. The molecule has 1 aromatic heterocycles. The summed E-state index contributed by atoms with van der Waals surface area (Å²) >= 11 is 17.8. The molecule has 2 amide bonds. The Balaban J connectivity index is 1.97. The van der Waals surface area contributed by atoms with Gasteiger partial charge in [0.2, 0.25) is 5.96 Å². The van der Waals surface area contributed by atoms with E-state index in [0.717, 1.165) is 18.3 Å². The molecule has 0 spiro atoms. The number of alkyl halides is 3. The number of carbonyl (C=O) groups is 2. The summed E-state index contributed by atoms with van der Waals surface area (Å²) in [4.78, 5) is 28.9. The average Bonchev–Trinajstić information content (AvgIpc) is 3.07. The zero-order valence-electron chi connectivity index (χ0n) is 15.6. The molecule has 170 valence electrons. The molecule has 16 heteroatoms. The van der Waals surface area contributed by atoms with E-state index in [4.69, 9.17) is 34.8 Å². The molecule has 0 fully saturated rings. The molecule has 32 heavy (non-hydrogen) atoms. The number of hydrazone groups is 1. The van der Waals surface area contributed by atoms with Gasteiger partial charge in [-0.2, -0.15) is 0 Å². The van der Waals surface area contributed by atoms with Crippen LogP contribution in [0.25, 0.3) is 0 Å². The van der Waals surface area contributed by atoms with Crippen molar-refractivity contribution in [3.8, 4) is 5.75 Å². The number of benzene rings is 1. The SMILES string of the molecule is CN1NNN=C1NC(=O)c1ccc(OC(F)(F)F)c(NC(=O)c2ncc(Cl)cc2Cl)c1Cl. The van der Waals surface area contributed by atoms with Crippen molar-refractivity contribution >= 4 is 58.3 Å². The van der Waals surface area contributed by atoms with E-state index in [0.29, 0.717) is 0 Å². The monoisotopic (exact) mass is 511 g/mol. The number of nitrogens with one attached hydrogen (secondary N) is 4. The first-order valence-electron chi connectivity index (χ1n) is 8.30. The van der Waals surface area contributed by atoms with E-state index in [1.807, 2.05) is 0 Å². The van der Waals surface area contributed by atoms with Crippen molar-refractivity contribution in [2.75, 3.05) is 12.4 Å². The van der Waals surface area contributed by atoms with Crippen LogP contribution in [0, 0.1) is 0 Å². The predicted octanol–water partition coefficient (Wildman–Crippen LogP) is 3.15. The average molecular weight is 513 g/mol. The van der Waals surface area contributed by atoms with Crippen LogP contribution in [0.2, 0.25) is 15.1 Å². The lowest BCUT2D eigenvalue weighted by Gasteiger charge is -2.18. The van der Waals surface area contributed by atoms with E-state index in [1.165, 1.54) is 18.1 Å². The van der Waals surface area contributed by atoms with Gasteiger partial charge >= 0.3 is 6.36 Å². The Kier molecular flexibility index (Phi) is 6.83. The minimum atomic E-state index is -5.11. The van der Waals surface area contributed by atoms with Crippen molar-refractivity contribution in [1.29, 1.82) is 0 Å². The number of pyridine rings is 1. The molecule has 4 N–H and O–H groups in total. The Morgan fingerprint density at radius 3 is 2.47 bits per heavy atom. The second kappa shape index (κ2) is 9.24. The minimum Gasteiger partial charge on any atom is -0.404 e. The summed E-state index contributed by atoms with van der Waals surface area (Å²) in [5.74, 6) is -2.67. The van der Waals surface area contributed by atoms with Crippen LogP contribution in [0.3, 0.4) is 0 Å². The maximum atomic E-state index is 12.9. The van der Waals surface area contributed by atoms with Gasteiger partial charge in [0, 0.05) is 13.2 Å². The number of anilines is 1. The number of hydrazine groups is 2. The number of hydrogen-bond donors (Lipinski definition) is 4. The van der Waals surface area contributed by atoms with Gasteiger partial charge in [0.15, 0.2) is 5.75 Å². The van der Waals surface area contributed by atoms with E-state index >= 15 is 0 Å². The Hall–Kier alpha value is -3.00. The fraction of sp³-hybridized carbons (Fsp3) is 0.125. The molecule has 0 unspecified atom stereocenters. The number of ether oxygens (including phenoxy) is 1. The van der Waals surface area contributed by atoms with Crippen LogP contribution >= 0.6 is 34.8 Å². The quantitative estimate of drug-likeness (QED) is 0.497. The molecule has 0 radical (unpaired) electrons. The fourth-order valence-electron chi connectivity index (χ4n) is 2.38. The van der Waals surface area contributed by atoms with Crippen LogP contribution in [0.1, 0.15) is 20.8 Å². The first-order chi connectivity index (χ1) is 15.0. The first-order valence-corrected chi connectivity index (χ1v) is 9.43. The van der Waals surface area contributed by atoms with Gasteiger partial charge < -0.3 is 10.1 Å². The van der Waals surface area contributed by atoms with Crippen LogP contribution in [-0.4, -0.2) is 41.2 Å². The zero-order valence-corrected chi connectivity index (χ0v) is 17.9. The van der Waals surface area contributed by atoms with E-state index in [-0.39, 0.29) is 27.3 Å². The van der Waals surface area contributed by atoms with Crippen molar-refractivity contribution in [1.82, 2.24) is 26.4 Å². The summed E-state index contributed by atoms with van der Waals surface area (Å²) in [5.41, 5.74) is 3.66. The van der Waals surface area contributed by atoms with Gasteiger partial charge in [-0.1, -0.05) is 34.8 Å². The molecule has 0 saturated carbocycles. The van der Waals surface area contributed by atoms with Gasteiger partial charge in [-0.15, -0.1) is 23.8 Å². The summed E-state index contributed by atoms with van der Waals surface area (Å²) in [6.45, 7) is 0. The largest absolute Gasteiger partial charge is 0.573 e. The van der Waals surface area contributed by atoms with Crippen LogP contribution < -0.4 is 26.4 Å². The lowest BCUT2D eigenvalue weighted by molar-refractivity contribution is -0.274. The van der Waals surface area contributed by atoms with E-state index in [1.54, 1.807) is 0 Å². The topological polar surface area (TPSA) is 120 Å². The molecule has 0 bridgehead atoms. The lowest BCUT2D eigenvalue weighted by Crippen LogP contribution is -2.45. The van der Waals surface area contributed by atoms with Gasteiger partial charge in [-0.3, -0.25) is 19.9 Å². The van der Waals surface area contributed by atoms with E-state index < -0.39 is 34.6 Å². The van der Waals surface area contributed by atoms with Crippen molar-refractivity contribution in [2.24, 2.45) is 5.10 Å². The molecular weight excluding hydrogens is 502 g/mol. The van der Waals surface area contributed by atoms with E-state index in [9.17, 15) is 22.8 Å². The van der Waals surface area contributed by atoms with Crippen LogP contribution in [0.5, 0.6) is 5.75 Å². The molecule has 0 aliphatic carbocycles. The maximum Gasteiger partial charge on any atom is 0.573 e. The molecule has 1 aliphatic heterocycles. The number of rotatable bonds is 4. The van der Waals surface area contributed by atoms with Crippen molar-refractivity contribution in [3.63, 3.8) is 0 Å². The van der Waals surface area contributed by atoms with Crippen molar-refractivity contribution < 1.29 is 27.5 Å². The van der Waals surface area contributed by atoms with Gasteiger partial charge in [0.05, 0.1) is 20.6 Å². The molecule has 1 aliphatic rings. The maximum absolute atomic E-state index is 12.9. The number of nitrogens with zero attached hydrogens (tertiary/aromatic N) is 3. The summed E-state index contributed by atoms with van der Waals surface area (Å²) in [6, 6.07) is 3.01. The Labute approximate surface area is 192 Å². The number of hydrogen-bond acceptors (Lipinski definition) is 8. The number of halogens is 6. The molecule has 2 aromatic rings. The normalized spacial score (nSPS) is 13.3. The second-order valence-corrected chi connectivity index (χ2v) is 7.18. The molecule has 0 saturated heterocycles. The third kappa shape index (κ3) is 5.43. The minimum absolute atomic E-state index is 0.0458. The van der Waals surface area contributed by atoms with E-state index in [2.05, 4.69) is 36.5 Å². The second-order valence-electron chi connectivity index (χ2n) is 5.96. The molecule has 10 nitrogen and oxygen atoms in total. The summed E-state index contributed by atoms with van der Waals surface area (Å²) in [5, 5.41) is 9.00. The van der Waals surface area contributed by atoms with Crippen molar-refractivity contribution in [2.45, 2.75) is 6.36 Å². The number of carbonyl (C=O) groups excluding carboxylic acids is 2. The molecule has 3 rings (SSSR count). The van der Waals surface area contributed by atoms with Crippen LogP contribution in [-0.2, 0) is 0 Å². The zero-order chi connectivity index (χ0) is 23.6. The number of aromatic nitrogens is 1. The first kappa shape index (κ1) is 23.7. The van der Waals surface area contributed by atoms with Crippen molar-refractivity contribution in [3.05, 3.63) is 50.7 Å². The highest BCUT2D eigenvalue weighted by atomic mass is 35.5. The van der Waals surface area contributed by atoms with Gasteiger partial charge in [0.25, 0.3) is 11.8 Å². The van der Waals surface area contributed by atoms with Gasteiger partial charge in [0.1, 0.15) is 11.4 Å². The Morgan fingerprint density at radius 2 is 1.88 bits per heavy atom. The predicted molar refractivity (Wildman–Crippen MR) is 109 cm³/mol. The standard InChI is InChI=1S/C16H11Cl3F3N7O3/c1-29-15(26-27-28-29)25-13(30)7-2-3-9(32-16(20,21)22)12(10(7)19)24-14(31)11-8(18)4-6(17)5-23-11/h2-5,27-28H,1H3,(H,24,31)(H,25,26,30). The Morgan fingerprint density at radius 1 is 1.16 bits per heavy atom. The smallest absolute Gasteiger partial charge is 0.404 e. The fourth-order valence-corrected chi connectivity index (χ4v) is 3.13. The third-order valence-corrected chi connectivity index (χ3v) is 4.65. The summed E-state index contributed by atoms with van der Waals surface area (Å²) in [7, 11) is 1.52. The highest BCUT2D eigenvalue weighted by Gasteiger charge is 2.34. The summed E-state index contributed by atoms with van der Waals surface area (Å²) < 4.78 is 42.5. The van der Waals surface area contributed by atoms with Gasteiger partial charge in [-0.05, 0) is 18.2 Å². The third-order valence-electron chi connectivity index (χ3n) is 3.76. The van der Waals surface area contributed by atoms with Crippen LogP contribution in [0.15, 0.2) is 29.5 Å². The molecule has 2 heterocycles. The van der Waals surface area contributed by atoms with Crippen LogP contribution in [0.4, 0.5) is 18.9 Å². The number of amides is 2. The molecule has 1 aromatic carbocycles. The number of guanidine groups is 1. The molecular formula is C16H11Cl3F3N7O3. The Bertz CT molecular complexity index is 1110.